The fourth-order valence-corrected chi connectivity index (χ4v) is 3.21. The van der Waals surface area contributed by atoms with Gasteiger partial charge in [-0.05, 0) is 24.1 Å². The molecule has 3 rings (SSSR count). The molecular weight excluding hydrogens is 328 g/mol. The Bertz CT molecular complexity index is 857. The highest BCUT2D eigenvalue weighted by molar-refractivity contribution is 7.18. The lowest BCUT2D eigenvalue weighted by atomic mass is 10.1. The van der Waals surface area contributed by atoms with E-state index in [1.54, 1.807) is 26.4 Å². The fourth-order valence-electron chi connectivity index (χ4n) is 2.30. The van der Waals surface area contributed by atoms with Gasteiger partial charge in [-0.1, -0.05) is 30.3 Å². The van der Waals surface area contributed by atoms with Crippen molar-refractivity contribution < 1.29 is 14.0 Å². The number of benzene rings is 1. The van der Waals surface area contributed by atoms with Crippen LogP contribution >= 0.6 is 11.3 Å². The molecule has 0 aliphatic heterocycles. The molecule has 0 radical (unpaired) electrons. The standard InChI is InChI=1S/C16H18N4O3S/c1-8(2)12-13(24-16(17)18-12)15-19-14(20-23-15)9-5-6-10(21-3)11(7-9)22-4/h5-8H,1-4H3,(H2,17,18). The Morgan fingerprint density at radius 3 is 2.54 bits per heavy atom. The number of nitrogens with zero attached hydrogens (tertiary/aromatic N) is 3. The first-order valence-corrected chi connectivity index (χ1v) is 8.17. The predicted octanol–water partition coefficient (Wildman–Crippen LogP) is 3.58. The van der Waals surface area contributed by atoms with Crippen molar-refractivity contribution in [1.82, 2.24) is 15.1 Å². The molecule has 0 saturated carbocycles. The molecule has 3 aromatic rings. The maximum atomic E-state index is 5.83. The molecule has 8 heteroatoms. The van der Waals surface area contributed by atoms with E-state index in [4.69, 9.17) is 19.7 Å². The first kappa shape index (κ1) is 16.3. The van der Waals surface area contributed by atoms with E-state index in [2.05, 4.69) is 15.1 Å². The molecule has 2 heterocycles. The largest absolute Gasteiger partial charge is 0.493 e. The van der Waals surface area contributed by atoms with Crippen molar-refractivity contribution >= 4 is 16.5 Å². The number of aromatic nitrogens is 3. The minimum Gasteiger partial charge on any atom is -0.493 e. The molecule has 2 N–H and O–H groups in total. The Hall–Kier alpha value is -2.61. The summed E-state index contributed by atoms with van der Waals surface area (Å²) in [5, 5.41) is 4.54. The zero-order valence-corrected chi connectivity index (χ0v) is 14.7. The SMILES string of the molecule is COc1ccc(-c2noc(-c3sc(N)nc3C(C)C)n2)cc1OC. The zero-order chi connectivity index (χ0) is 17.3. The number of anilines is 1. The number of hydrogen-bond donors (Lipinski definition) is 1. The summed E-state index contributed by atoms with van der Waals surface area (Å²) in [6.07, 6.45) is 0. The van der Waals surface area contributed by atoms with E-state index in [-0.39, 0.29) is 5.92 Å². The number of nitrogen functional groups attached to an aromatic ring is 1. The quantitative estimate of drug-likeness (QED) is 0.754. The van der Waals surface area contributed by atoms with Gasteiger partial charge in [0.2, 0.25) is 5.82 Å². The average Bonchev–Trinajstić information content (AvgIpc) is 3.20. The van der Waals surface area contributed by atoms with E-state index in [1.807, 2.05) is 19.9 Å². The van der Waals surface area contributed by atoms with E-state index in [0.717, 1.165) is 16.1 Å². The Morgan fingerprint density at radius 1 is 1.12 bits per heavy atom. The molecule has 1 aromatic carbocycles. The van der Waals surface area contributed by atoms with Gasteiger partial charge in [0.15, 0.2) is 16.6 Å². The van der Waals surface area contributed by atoms with Crippen molar-refractivity contribution in [3.05, 3.63) is 23.9 Å². The summed E-state index contributed by atoms with van der Waals surface area (Å²) in [5.41, 5.74) is 7.46. The highest BCUT2D eigenvalue weighted by atomic mass is 32.1. The molecule has 7 nitrogen and oxygen atoms in total. The molecule has 0 aliphatic carbocycles. The highest BCUT2D eigenvalue weighted by Crippen LogP contribution is 2.36. The summed E-state index contributed by atoms with van der Waals surface area (Å²) < 4.78 is 16.0. The average molecular weight is 346 g/mol. The third kappa shape index (κ3) is 2.92. The molecule has 24 heavy (non-hydrogen) atoms. The van der Waals surface area contributed by atoms with E-state index in [1.165, 1.54) is 11.3 Å². The van der Waals surface area contributed by atoms with Crippen LogP contribution in [-0.4, -0.2) is 29.3 Å². The number of ether oxygens (including phenoxy) is 2. The van der Waals surface area contributed by atoms with Gasteiger partial charge in [-0.15, -0.1) is 0 Å². The van der Waals surface area contributed by atoms with E-state index in [0.29, 0.717) is 28.3 Å². The second kappa shape index (κ2) is 6.48. The van der Waals surface area contributed by atoms with Crippen molar-refractivity contribution in [3.8, 4) is 33.7 Å². The molecule has 0 bridgehead atoms. The van der Waals surface area contributed by atoms with Crippen molar-refractivity contribution in [2.75, 3.05) is 20.0 Å². The second-order valence-electron chi connectivity index (χ2n) is 5.41. The van der Waals surface area contributed by atoms with Crippen LogP contribution in [0.15, 0.2) is 22.7 Å². The maximum Gasteiger partial charge on any atom is 0.270 e. The van der Waals surface area contributed by atoms with Crippen LogP contribution in [-0.2, 0) is 0 Å². The Labute approximate surface area is 143 Å². The maximum absolute atomic E-state index is 5.83. The van der Waals surface area contributed by atoms with Crippen molar-refractivity contribution in [1.29, 1.82) is 0 Å². The van der Waals surface area contributed by atoms with Crippen LogP contribution < -0.4 is 15.2 Å². The summed E-state index contributed by atoms with van der Waals surface area (Å²) in [6.45, 7) is 4.09. The van der Waals surface area contributed by atoms with E-state index < -0.39 is 0 Å². The van der Waals surface area contributed by atoms with Crippen LogP contribution in [0.25, 0.3) is 22.2 Å². The van der Waals surface area contributed by atoms with Crippen molar-refractivity contribution in [2.45, 2.75) is 19.8 Å². The first-order valence-electron chi connectivity index (χ1n) is 7.36. The summed E-state index contributed by atoms with van der Waals surface area (Å²) >= 11 is 1.34. The smallest absolute Gasteiger partial charge is 0.270 e. The summed E-state index contributed by atoms with van der Waals surface area (Å²) in [7, 11) is 3.17. The molecule has 0 amide bonds. The number of methoxy groups -OCH3 is 2. The van der Waals surface area contributed by atoms with Crippen molar-refractivity contribution in [2.24, 2.45) is 0 Å². The molecule has 0 saturated heterocycles. The Kier molecular flexibility index (Phi) is 4.39. The lowest BCUT2D eigenvalue weighted by Crippen LogP contribution is -1.92. The zero-order valence-electron chi connectivity index (χ0n) is 13.9. The van der Waals surface area contributed by atoms with Gasteiger partial charge < -0.3 is 19.7 Å². The molecular formula is C16H18N4O3S. The van der Waals surface area contributed by atoms with Gasteiger partial charge >= 0.3 is 0 Å². The molecule has 126 valence electrons. The number of thiazole rings is 1. The monoisotopic (exact) mass is 346 g/mol. The van der Waals surface area contributed by atoms with Crippen LogP contribution in [0.5, 0.6) is 11.5 Å². The van der Waals surface area contributed by atoms with Crippen LogP contribution in [0.3, 0.4) is 0 Å². The summed E-state index contributed by atoms with van der Waals surface area (Å²) in [5.74, 6) is 2.34. The minimum atomic E-state index is 0.213. The third-order valence-electron chi connectivity index (χ3n) is 3.48. The number of hydrogen-bond acceptors (Lipinski definition) is 8. The van der Waals surface area contributed by atoms with E-state index >= 15 is 0 Å². The molecule has 0 atom stereocenters. The Balaban J connectivity index is 2.00. The normalized spacial score (nSPS) is 11.0. The second-order valence-corrected chi connectivity index (χ2v) is 6.44. The van der Waals surface area contributed by atoms with Gasteiger partial charge in [0.25, 0.3) is 5.89 Å². The lowest BCUT2D eigenvalue weighted by Gasteiger charge is -2.07. The summed E-state index contributed by atoms with van der Waals surface area (Å²) in [4.78, 5) is 9.64. The molecule has 0 fully saturated rings. The predicted molar refractivity (Wildman–Crippen MR) is 92.4 cm³/mol. The minimum absolute atomic E-state index is 0.213. The summed E-state index contributed by atoms with van der Waals surface area (Å²) in [6, 6.07) is 5.45. The van der Waals surface area contributed by atoms with Crippen LogP contribution in [0, 0.1) is 0 Å². The van der Waals surface area contributed by atoms with Gasteiger partial charge in [0.1, 0.15) is 4.88 Å². The van der Waals surface area contributed by atoms with Gasteiger partial charge in [-0.2, -0.15) is 4.98 Å². The van der Waals surface area contributed by atoms with Gasteiger partial charge in [-0.25, -0.2) is 4.98 Å². The third-order valence-corrected chi connectivity index (χ3v) is 4.37. The number of nitrogens with two attached hydrogens (primary N) is 1. The van der Waals surface area contributed by atoms with Gasteiger partial charge in [0.05, 0.1) is 19.9 Å². The topological polar surface area (TPSA) is 96.3 Å². The fraction of sp³-hybridized carbons (Fsp3) is 0.312. The lowest BCUT2D eigenvalue weighted by molar-refractivity contribution is 0.355. The molecule has 2 aromatic heterocycles. The first-order chi connectivity index (χ1) is 11.5. The van der Waals surface area contributed by atoms with Crippen LogP contribution in [0.4, 0.5) is 5.13 Å². The molecule has 0 spiro atoms. The van der Waals surface area contributed by atoms with Crippen LogP contribution in [0.2, 0.25) is 0 Å². The van der Waals surface area contributed by atoms with Gasteiger partial charge in [0, 0.05) is 5.56 Å². The molecule has 0 unspecified atom stereocenters. The highest BCUT2D eigenvalue weighted by Gasteiger charge is 2.21. The Morgan fingerprint density at radius 2 is 1.88 bits per heavy atom. The molecule has 0 aliphatic rings. The van der Waals surface area contributed by atoms with Crippen molar-refractivity contribution in [3.63, 3.8) is 0 Å². The van der Waals surface area contributed by atoms with E-state index in [9.17, 15) is 0 Å². The number of rotatable bonds is 5. The van der Waals surface area contributed by atoms with Gasteiger partial charge in [-0.3, -0.25) is 0 Å². The van der Waals surface area contributed by atoms with Crippen LogP contribution in [0.1, 0.15) is 25.5 Å².